The van der Waals surface area contributed by atoms with Crippen molar-refractivity contribution in [1.82, 2.24) is 9.84 Å². The number of hydrogen-bond donors (Lipinski definition) is 1. The molecule has 1 saturated heterocycles. The maximum atomic E-state index is 10.7. The van der Waals surface area contributed by atoms with Crippen molar-refractivity contribution in [2.75, 3.05) is 6.54 Å². The Labute approximate surface area is 60.8 Å². The van der Waals surface area contributed by atoms with Crippen LogP contribution in [0, 0.1) is 0 Å². The topological polar surface area (TPSA) is 72.5 Å². The zero-order chi connectivity index (χ0) is 7.56. The quantitative estimate of drug-likeness (QED) is 0.525. The summed E-state index contributed by atoms with van der Waals surface area (Å²) in [4.78, 5) is 12.7. The molecule has 0 aliphatic carbocycles. The highest BCUT2D eigenvalue weighted by molar-refractivity contribution is 7.77. The molecule has 1 atom stereocenters. The minimum absolute atomic E-state index is 0.163. The molecule has 0 bridgehead atoms. The van der Waals surface area contributed by atoms with Crippen LogP contribution in [0.1, 0.15) is 12.8 Å². The van der Waals surface area contributed by atoms with Crippen LogP contribution < -0.4 is 4.83 Å². The summed E-state index contributed by atoms with van der Waals surface area (Å²) in [5.41, 5.74) is 0. The van der Waals surface area contributed by atoms with Gasteiger partial charge >= 0.3 is 0 Å². The molecular formula is C4H7N2O3S-. The fourth-order valence-electron chi connectivity index (χ4n) is 0.835. The van der Waals surface area contributed by atoms with Crippen LogP contribution in [-0.2, 0) is 16.1 Å². The second kappa shape index (κ2) is 3.09. The van der Waals surface area contributed by atoms with E-state index in [4.69, 9.17) is 0 Å². The highest BCUT2D eigenvalue weighted by atomic mass is 32.2. The Morgan fingerprint density at radius 2 is 2.40 bits per heavy atom. The molecule has 0 saturated carbocycles. The Balaban J connectivity index is 2.40. The fraction of sp³-hybridized carbons (Fsp3) is 0.750. The van der Waals surface area contributed by atoms with Gasteiger partial charge in [0, 0.05) is 24.2 Å². The number of carbonyl (C=O) groups excluding carboxylic acids is 1. The Kier molecular flexibility index (Phi) is 2.36. The van der Waals surface area contributed by atoms with Gasteiger partial charge < -0.3 is 4.55 Å². The summed E-state index contributed by atoms with van der Waals surface area (Å²) in [5.74, 6) is -0.163. The molecule has 0 radical (unpaired) electrons. The van der Waals surface area contributed by atoms with Gasteiger partial charge in [0.2, 0.25) is 5.91 Å². The van der Waals surface area contributed by atoms with Crippen molar-refractivity contribution in [3.63, 3.8) is 0 Å². The summed E-state index contributed by atoms with van der Waals surface area (Å²) in [6.45, 7) is 0.479. The lowest BCUT2D eigenvalue weighted by molar-refractivity contribution is -0.129. The minimum atomic E-state index is -2.37. The monoisotopic (exact) mass is 163 g/mol. The zero-order valence-electron chi connectivity index (χ0n) is 5.20. The van der Waals surface area contributed by atoms with E-state index in [-0.39, 0.29) is 5.91 Å². The number of amides is 1. The molecule has 6 heteroatoms. The lowest BCUT2D eigenvalue weighted by Crippen LogP contribution is -2.39. The van der Waals surface area contributed by atoms with E-state index >= 15 is 0 Å². The predicted molar refractivity (Wildman–Crippen MR) is 33.0 cm³/mol. The lowest BCUT2D eigenvalue weighted by Gasteiger charge is -2.17. The van der Waals surface area contributed by atoms with Crippen LogP contribution in [0.3, 0.4) is 0 Å². The van der Waals surface area contributed by atoms with Crippen molar-refractivity contribution >= 4 is 17.2 Å². The molecule has 1 heterocycles. The summed E-state index contributed by atoms with van der Waals surface area (Å²) < 4.78 is 20.0. The standard InChI is InChI=1S/C4H8N2O3S/c7-4-2-1-3-6(4)5-10(8)9/h5H,1-3H2,(H,8,9)/p-1. The molecule has 10 heavy (non-hydrogen) atoms. The average molecular weight is 163 g/mol. The molecule has 1 rings (SSSR count). The molecule has 1 amide bonds. The van der Waals surface area contributed by atoms with Crippen molar-refractivity contribution in [1.29, 1.82) is 0 Å². The van der Waals surface area contributed by atoms with Crippen LogP contribution in [-0.4, -0.2) is 26.2 Å². The van der Waals surface area contributed by atoms with Crippen LogP contribution in [0.2, 0.25) is 0 Å². The number of hydrazine groups is 1. The molecule has 1 unspecified atom stereocenters. The first-order chi connectivity index (χ1) is 4.70. The third-order valence-corrected chi connectivity index (χ3v) is 1.63. The third kappa shape index (κ3) is 1.76. The Morgan fingerprint density at radius 1 is 1.70 bits per heavy atom. The van der Waals surface area contributed by atoms with Gasteiger partial charge in [-0.15, -0.1) is 0 Å². The van der Waals surface area contributed by atoms with Crippen molar-refractivity contribution < 1.29 is 13.6 Å². The number of rotatable bonds is 2. The van der Waals surface area contributed by atoms with Crippen LogP contribution in [0.5, 0.6) is 0 Å². The van der Waals surface area contributed by atoms with Gasteiger partial charge in [-0.3, -0.25) is 14.0 Å². The first-order valence-electron chi connectivity index (χ1n) is 2.86. The molecule has 0 aromatic heterocycles. The Hall–Kier alpha value is -0.460. The normalized spacial score (nSPS) is 21.7. The van der Waals surface area contributed by atoms with Crippen LogP contribution in [0.25, 0.3) is 0 Å². The van der Waals surface area contributed by atoms with E-state index in [1.165, 1.54) is 0 Å². The van der Waals surface area contributed by atoms with E-state index in [1.54, 1.807) is 0 Å². The number of nitrogens with one attached hydrogen (secondary N) is 1. The number of carbonyl (C=O) groups is 1. The zero-order valence-corrected chi connectivity index (χ0v) is 6.02. The van der Waals surface area contributed by atoms with Crippen molar-refractivity contribution in [2.45, 2.75) is 12.8 Å². The van der Waals surface area contributed by atoms with Crippen molar-refractivity contribution in [2.24, 2.45) is 0 Å². The molecule has 0 aromatic rings. The largest absolute Gasteiger partial charge is 0.759 e. The first kappa shape index (κ1) is 7.64. The molecular weight excluding hydrogens is 156 g/mol. The molecule has 1 aliphatic heterocycles. The summed E-state index contributed by atoms with van der Waals surface area (Å²) >= 11 is -2.37. The fourth-order valence-corrected chi connectivity index (χ4v) is 1.21. The second-order valence-electron chi connectivity index (χ2n) is 1.97. The molecule has 1 N–H and O–H groups in total. The minimum Gasteiger partial charge on any atom is -0.759 e. The van der Waals surface area contributed by atoms with Gasteiger partial charge in [0.25, 0.3) is 0 Å². The summed E-state index contributed by atoms with van der Waals surface area (Å²) in [5, 5.41) is 1.10. The second-order valence-corrected chi connectivity index (χ2v) is 2.63. The van der Waals surface area contributed by atoms with Gasteiger partial charge in [-0.2, -0.15) is 4.83 Å². The molecule has 58 valence electrons. The van der Waals surface area contributed by atoms with Gasteiger partial charge in [0.05, 0.1) is 0 Å². The number of nitrogens with zero attached hydrogens (tertiary/aromatic N) is 1. The Bertz CT molecular complexity index is 172. The van der Waals surface area contributed by atoms with E-state index in [0.717, 1.165) is 11.4 Å². The molecule has 1 aliphatic rings. The van der Waals surface area contributed by atoms with Crippen LogP contribution in [0.15, 0.2) is 0 Å². The van der Waals surface area contributed by atoms with Gasteiger partial charge in [0.1, 0.15) is 0 Å². The molecule has 1 fully saturated rings. The summed E-state index contributed by atoms with van der Waals surface area (Å²) in [7, 11) is 0. The molecule has 0 spiro atoms. The van der Waals surface area contributed by atoms with E-state index in [1.807, 2.05) is 4.83 Å². The smallest absolute Gasteiger partial charge is 0.237 e. The lowest BCUT2D eigenvalue weighted by atomic mass is 10.4. The third-order valence-electron chi connectivity index (χ3n) is 1.26. The summed E-state index contributed by atoms with van der Waals surface area (Å²) in [6, 6.07) is 0. The van der Waals surface area contributed by atoms with E-state index in [2.05, 4.69) is 0 Å². The molecule has 5 nitrogen and oxygen atoms in total. The molecule has 0 aromatic carbocycles. The van der Waals surface area contributed by atoms with Crippen molar-refractivity contribution in [3.05, 3.63) is 0 Å². The van der Waals surface area contributed by atoms with Gasteiger partial charge in [-0.05, 0) is 6.42 Å². The Morgan fingerprint density at radius 3 is 2.80 bits per heavy atom. The predicted octanol–water partition coefficient (Wildman–Crippen LogP) is -1.09. The van der Waals surface area contributed by atoms with Gasteiger partial charge in [-0.25, -0.2) is 0 Å². The van der Waals surface area contributed by atoms with Crippen LogP contribution >= 0.6 is 0 Å². The van der Waals surface area contributed by atoms with Gasteiger partial charge in [-0.1, -0.05) is 0 Å². The average Bonchev–Trinajstić information content (AvgIpc) is 2.15. The van der Waals surface area contributed by atoms with E-state index in [0.29, 0.717) is 13.0 Å². The van der Waals surface area contributed by atoms with E-state index < -0.39 is 11.3 Å². The van der Waals surface area contributed by atoms with Crippen molar-refractivity contribution in [3.8, 4) is 0 Å². The highest BCUT2D eigenvalue weighted by Crippen LogP contribution is 2.05. The first-order valence-corrected chi connectivity index (χ1v) is 3.93. The van der Waals surface area contributed by atoms with Crippen LogP contribution in [0.4, 0.5) is 0 Å². The van der Waals surface area contributed by atoms with Gasteiger partial charge in [0.15, 0.2) is 0 Å². The van der Waals surface area contributed by atoms with E-state index in [9.17, 15) is 13.6 Å². The SMILES string of the molecule is O=C1CCCN1NS(=O)[O-]. The highest BCUT2D eigenvalue weighted by Gasteiger charge is 2.19. The number of hydrogen-bond acceptors (Lipinski definition) is 3. The summed E-state index contributed by atoms with van der Waals surface area (Å²) in [6.07, 6.45) is 1.16. The maximum Gasteiger partial charge on any atom is 0.237 e. The maximum absolute atomic E-state index is 10.7.